The van der Waals surface area contributed by atoms with Crippen LogP contribution in [0.15, 0.2) is 12.1 Å². The molecule has 0 aromatic heterocycles. The Labute approximate surface area is 92.9 Å². The van der Waals surface area contributed by atoms with E-state index < -0.39 is 29.0 Å². The number of aliphatic hydroxyl groups is 1. The molecule has 1 N–H and O–H groups in total. The molecular weight excluding hydrogens is 217 g/mol. The van der Waals surface area contributed by atoms with Gasteiger partial charge >= 0.3 is 0 Å². The first-order valence-electron chi connectivity index (χ1n) is 5.12. The second-order valence-electron chi connectivity index (χ2n) is 4.53. The highest BCUT2D eigenvalue weighted by Gasteiger charge is 2.30. The van der Waals surface area contributed by atoms with E-state index in [1.165, 1.54) is 0 Å². The molecule has 1 unspecified atom stereocenters. The van der Waals surface area contributed by atoms with Gasteiger partial charge in [0, 0.05) is 11.6 Å². The Morgan fingerprint density at radius 2 is 1.62 bits per heavy atom. The Morgan fingerprint density at radius 1 is 1.12 bits per heavy atom. The highest BCUT2D eigenvalue weighted by Crippen LogP contribution is 2.37. The molecule has 0 fully saturated rings. The maximum Gasteiger partial charge on any atom is 0.161 e. The van der Waals surface area contributed by atoms with Crippen LogP contribution in [-0.4, -0.2) is 5.11 Å². The van der Waals surface area contributed by atoms with Crippen molar-refractivity contribution in [3.05, 3.63) is 35.1 Å². The zero-order valence-electron chi connectivity index (χ0n) is 9.52. The van der Waals surface area contributed by atoms with Crippen LogP contribution in [0.1, 0.15) is 38.9 Å². The van der Waals surface area contributed by atoms with E-state index in [1.807, 2.05) is 6.92 Å². The summed E-state index contributed by atoms with van der Waals surface area (Å²) < 4.78 is 39.0. The first-order valence-corrected chi connectivity index (χ1v) is 5.12. The van der Waals surface area contributed by atoms with Gasteiger partial charge in [0.25, 0.3) is 0 Å². The largest absolute Gasteiger partial charge is 0.388 e. The molecule has 1 aromatic carbocycles. The first kappa shape index (κ1) is 13.0. The van der Waals surface area contributed by atoms with E-state index in [0.29, 0.717) is 18.6 Å². The Balaban J connectivity index is 3.19. The smallest absolute Gasteiger partial charge is 0.161 e. The van der Waals surface area contributed by atoms with Gasteiger partial charge in [0.15, 0.2) is 11.6 Å². The Kier molecular flexibility index (Phi) is 3.63. The lowest BCUT2D eigenvalue weighted by atomic mass is 9.80. The first-order chi connectivity index (χ1) is 7.29. The standard InChI is InChI=1S/C12H15F3O/c1-4-12(2,3)11(16)7-5-9(14)10(15)6-8(7)13/h5-6,11,16H,4H2,1-3H3. The van der Waals surface area contributed by atoms with E-state index in [4.69, 9.17) is 0 Å². The molecule has 1 atom stereocenters. The van der Waals surface area contributed by atoms with Crippen LogP contribution in [0.4, 0.5) is 13.2 Å². The molecule has 0 saturated heterocycles. The van der Waals surface area contributed by atoms with Crippen molar-refractivity contribution in [3.8, 4) is 0 Å². The third kappa shape index (κ3) is 2.38. The van der Waals surface area contributed by atoms with Crippen molar-refractivity contribution in [1.82, 2.24) is 0 Å². The zero-order valence-corrected chi connectivity index (χ0v) is 9.52. The fourth-order valence-electron chi connectivity index (χ4n) is 1.36. The number of hydrogen-bond donors (Lipinski definition) is 1. The summed E-state index contributed by atoms with van der Waals surface area (Å²) in [7, 11) is 0. The van der Waals surface area contributed by atoms with Crippen LogP contribution in [0, 0.1) is 22.9 Å². The van der Waals surface area contributed by atoms with Gasteiger partial charge in [-0.2, -0.15) is 0 Å². The van der Waals surface area contributed by atoms with E-state index >= 15 is 0 Å². The number of aliphatic hydroxyl groups excluding tert-OH is 1. The fraction of sp³-hybridized carbons (Fsp3) is 0.500. The van der Waals surface area contributed by atoms with Crippen molar-refractivity contribution in [1.29, 1.82) is 0 Å². The summed E-state index contributed by atoms with van der Waals surface area (Å²) in [5, 5.41) is 9.92. The number of rotatable bonds is 3. The maximum absolute atomic E-state index is 13.4. The molecule has 0 bridgehead atoms. The summed E-state index contributed by atoms with van der Waals surface area (Å²) in [5.41, 5.74) is -0.795. The number of halogens is 3. The van der Waals surface area contributed by atoms with Crippen LogP contribution in [0.3, 0.4) is 0 Å². The highest BCUT2D eigenvalue weighted by molar-refractivity contribution is 5.23. The lowest BCUT2D eigenvalue weighted by Crippen LogP contribution is -2.22. The minimum Gasteiger partial charge on any atom is -0.388 e. The van der Waals surface area contributed by atoms with Crippen molar-refractivity contribution < 1.29 is 18.3 Å². The number of benzene rings is 1. The molecule has 1 rings (SSSR count). The summed E-state index contributed by atoms with van der Waals surface area (Å²) in [5.74, 6) is -3.32. The van der Waals surface area contributed by atoms with Crippen molar-refractivity contribution in [2.75, 3.05) is 0 Å². The second-order valence-corrected chi connectivity index (χ2v) is 4.53. The predicted octanol–water partition coefficient (Wildman–Crippen LogP) is 3.57. The summed E-state index contributed by atoms with van der Waals surface area (Å²) in [6.45, 7) is 5.30. The predicted molar refractivity (Wildman–Crippen MR) is 55.3 cm³/mol. The molecule has 1 nitrogen and oxygen atoms in total. The van der Waals surface area contributed by atoms with Gasteiger partial charge < -0.3 is 5.11 Å². The topological polar surface area (TPSA) is 20.2 Å². The van der Waals surface area contributed by atoms with Crippen LogP contribution in [-0.2, 0) is 0 Å². The molecular formula is C12H15F3O. The summed E-state index contributed by atoms with van der Waals surface area (Å²) >= 11 is 0. The van der Waals surface area contributed by atoms with Gasteiger partial charge in [0.2, 0.25) is 0 Å². The van der Waals surface area contributed by atoms with Gasteiger partial charge in [-0.25, -0.2) is 13.2 Å². The summed E-state index contributed by atoms with van der Waals surface area (Å²) in [4.78, 5) is 0. The summed E-state index contributed by atoms with van der Waals surface area (Å²) in [6.07, 6.45) is -0.570. The van der Waals surface area contributed by atoms with Gasteiger partial charge in [0.1, 0.15) is 5.82 Å². The van der Waals surface area contributed by atoms with Gasteiger partial charge in [-0.05, 0) is 17.9 Å². The third-order valence-electron chi connectivity index (χ3n) is 2.99. The minimum atomic E-state index is -1.25. The van der Waals surface area contributed by atoms with E-state index in [9.17, 15) is 18.3 Å². The molecule has 0 radical (unpaired) electrons. The molecule has 0 saturated carbocycles. The van der Waals surface area contributed by atoms with Crippen molar-refractivity contribution in [2.24, 2.45) is 5.41 Å². The molecule has 0 amide bonds. The molecule has 90 valence electrons. The van der Waals surface area contributed by atoms with Gasteiger partial charge in [-0.1, -0.05) is 20.8 Å². The SMILES string of the molecule is CCC(C)(C)C(O)c1cc(F)c(F)cc1F. The van der Waals surface area contributed by atoms with Gasteiger partial charge in [0.05, 0.1) is 6.10 Å². The molecule has 1 aromatic rings. The monoisotopic (exact) mass is 232 g/mol. The second kappa shape index (κ2) is 4.45. The van der Waals surface area contributed by atoms with Crippen molar-refractivity contribution in [3.63, 3.8) is 0 Å². The number of hydrogen-bond acceptors (Lipinski definition) is 1. The summed E-state index contributed by atoms with van der Waals surface area (Å²) in [6, 6.07) is 1.17. The molecule has 0 aliphatic heterocycles. The quantitative estimate of drug-likeness (QED) is 0.790. The van der Waals surface area contributed by atoms with E-state index in [2.05, 4.69) is 0 Å². The fourth-order valence-corrected chi connectivity index (χ4v) is 1.36. The molecule has 0 heterocycles. The maximum atomic E-state index is 13.4. The lowest BCUT2D eigenvalue weighted by Gasteiger charge is -2.29. The van der Waals surface area contributed by atoms with E-state index in [-0.39, 0.29) is 5.56 Å². The Morgan fingerprint density at radius 3 is 2.12 bits per heavy atom. The average molecular weight is 232 g/mol. The van der Waals surface area contributed by atoms with Gasteiger partial charge in [-0.15, -0.1) is 0 Å². The normalized spacial score (nSPS) is 13.9. The zero-order chi connectivity index (χ0) is 12.5. The molecule has 4 heteroatoms. The molecule has 0 spiro atoms. The van der Waals surface area contributed by atoms with Crippen molar-refractivity contribution >= 4 is 0 Å². The van der Waals surface area contributed by atoms with E-state index in [1.54, 1.807) is 13.8 Å². The average Bonchev–Trinajstić information content (AvgIpc) is 2.22. The molecule has 16 heavy (non-hydrogen) atoms. The third-order valence-corrected chi connectivity index (χ3v) is 2.99. The van der Waals surface area contributed by atoms with Gasteiger partial charge in [-0.3, -0.25) is 0 Å². The van der Waals surface area contributed by atoms with Crippen LogP contribution in [0.25, 0.3) is 0 Å². The molecule has 0 aliphatic rings. The molecule has 0 aliphatic carbocycles. The lowest BCUT2D eigenvalue weighted by molar-refractivity contribution is 0.0432. The minimum absolute atomic E-state index is 0.203. The Hall–Kier alpha value is -1.03. The van der Waals surface area contributed by atoms with Crippen LogP contribution in [0.5, 0.6) is 0 Å². The van der Waals surface area contributed by atoms with E-state index in [0.717, 1.165) is 0 Å². The highest BCUT2D eigenvalue weighted by atomic mass is 19.2. The van der Waals surface area contributed by atoms with Crippen LogP contribution >= 0.6 is 0 Å². The Bertz CT molecular complexity index is 388. The van der Waals surface area contributed by atoms with Crippen LogP contribution < -0.4 is 0 Å². The van der Waals surface area contributed by atoms with Crippen molar-refractivity contribution in [2.45, 2.75) is 33.3 Å². The van der Waals surface area contributed by atoms with Crippen LogP contribution in [0.2, 0.25) is 0 Å².